The van der Waals surface area contributed by atoms with E-state index in [1.807, 2.05) is 18.2 Å². The molecule has 2 rings (SSSR count). The van der Waals surface area contributed by atoms with Crippen molar-refractivity contribution >= 4 is 57.8 Å². The minimum absolute atomic E-state index is 0.0190. The number of thiocarbonyl (C=S) groups is 1. The molecular weight excluding hydrogens is 376 g/mol. The van der Waals surface area contributed by atoms with Crippen LogP contribution in [0.5, 0.6) is 0 Å². The molecule has 134 valence electrons. The van der Waals surface area contributed by atoms with E-state index in [1.165, 1.54) is 11.8 Å². The maximum Gasteiger partial charge on any atom is 0.266 e. The second-order valence-electron chi connectivity index (χ2n) is 5.66. The van der Waals surface area contributed by atoms with Crippen molar-refractivity contribution in [1.29, 1.82) is 0 Å². The SMILES string of the molecule is CCCCNC(=O)CCCN1C(=O)C(=Cc2ccccc2Cl)SC1=S. The van der Waals surface area contributed by atoms with Gasteiger partial charge in [0.1, 0.15) is 4.32 Å². The van der Waals surface area contributed by atoms with Crippen LogP contribution < -0.4 is 5.32 Å². The van der Waals surface area contributed by atoms with Gasteiger partial charge in [-0.25, -0.2) is 0 Å². The smallest absolute Gasteiger partial charge is 0.266 e. The van der Waals surface area contributed by atoms with Crippen LogP contribution in [0.15, 0.2) is 29.2 Å². The van der Waals surface area contributed by atoms with Gasteiger partial charge in [0.05, 0.1) is 4.91 Å². The topological polar surface area (TPSA) is 49.4 Å². The van der Waals surface area contributed by atoms with E-state index < -0.39 is 0 Å². The fourth-order valence-electron chi connectivity index (χ4n) is 2.32. The minimum Gasteiger partial charge on any atom is -0.356 e. The Hall–Kier alpha value is -1.37. The lowest BCUT2D eigenvalue weighted by atomic mass is 10.2. The highest BCUT2D eigenvalue weighted by Gasteiger charge is 2.31. The van der Waals surface area contributed by atoms with Crippen molar-refractivity contribution in [2.45, 2.75) is 32.6 Å². The second-order valence-corrected chi connectivity index (χ2v) is 7.74. The van der Waals surface area contributed by atoms with Crippen molar-refractivity contribution in [1.82, 2.24) is 10.2 Å². The van der Waals surface area contributed by atoms with Crippen LogP contribution in [0, 0.1) is 0 Å². The van der Waals surface area contributed by atoms with Crippen LogP contribution in [0.4, 0.5) is 0 Å². The van der Waals surface area contributed by atoms with Gasteiger partial charge in [0.25, 0.3) is 5.91 Å². The van der Waals surface area contributed by atoms with E-state index in [9.17, 15) is 9.59 Å². The zero-order chi connectivity index (χ0) is 18.2. The van der Waals surface area contributed by atoms with Crippen LogP contribution >= 0.6 is 35.6 Å². The van der Waals surface area contributed by atoms with Crippen LogP contribution in [-0.2, 0) is 9.59 Å². The maximum absolute atomic E-state index is 12.5. The number of carbonyl (C=O) groups is 2. The van der Waals surface area contributed by atoms with E-state index >= 15 is 0 Å². The molecule has 0 unspecified atom stereocenters. The molecule has 7 heteroatoms. The van der Waals surface area contributed by atoms with Crippen molar-refractivity contribution < 1.29 is 9.59 Å². The molecule has 1 aliphatic heterocycles. The normalized spacial score (nSPS) is 15.9. The lowest BCUT2D eigenvalue weighted by molar-refractivity contribution is -0.124. The highest BCUT2D eigenvalue weighted by molar-refractivity contribution is 8.26. The van der Waals surface area contributed by atoms with E-state index in [0.29, 0.717) is 40.2 Å². The zero-order valence-corrected chi connectivity index (χ0v) is 16.5. The summed E-state index contributed by atoms with van der Waals surface area (Å²) in [5.74, 6) is -0.105. The molecule has 0 atom stereocenters. The van der Waals surface area contributed by atoms with E-state index in [0.717, 1.165) is 18.4 Å². The Labute approximate surface area is 163 Å². The Kier molecular flexibility index (Phi) is 7.93. The molecule has 0 aliphatic carbocycles. The number of hydrogen-bond donors (Lipinski definition) is 1. The van der Waals surface area contributed by atoms with Gasteiger partial charge in [-0.1, -0.05) is 67.1 Å². The zero-order valence-electron chi connectivity index (χ0n) is 14.1. The molecule has 25 heavy (non-hydrogen) atoms. The summed E-state index contributed by atoms with van der Waals surface area (Å²) in [6, 6.07) is 7.35. The Morgan fingerprint density at radius 2 is 2.12 bits per heavy atom. The molecule has 0 saturated carbocycles. The molecule has 4 nitrogen and oxygen atoms in total. The molecule has 0 spiro atoms. The molecule has 1 aromatic carbocycles. The molecule has 1 saturated heterocycles. The predicted molar refractivity (Wildman–Crippen MR) is 108 cm³/mol. The van der Waals surface area contributed by atoms with Crippen molar-refractivity contribution in [3.63, 3.8) is 0 Å². The van der Waals surface area contributed by atoms with Crippen LogP contribution in [0.1, 0.15) is 38.2 Å². The summed E-state index contributed by atoms with van der Waals surface area (Å²) >= 11 is 12.7. The van der Waals surface area contributed by atoms with Crippen LogP contribution in [0.25, 0.3) is 6.08 Å². The largest absolute Gasteiger partial charge is 0.356 e. The first-order valence-electron chi connectivity index (χ1n) is 8.29. The van der Waals surface area contributed by atoms with Gasteiger partial charge < -0.3 is 5.32 Å². The molecular formula is C18H21ClN2O2S2. The van der Waals surface area contributed by atoms with Gasteiger partial charge in [0, 0.05) is 24.5 Å². The van der Waals surface area contributed by atoms with Crippen LogP contribution in [-0.4, -0.2) is 34.1 Å². The van der Waals surface area contributed by atoms with Gasteiger partial charge in [-0.05, 0) is 30.5 Å². The summed E-state index contributed by atoms with van der Waals surface area (Å²) in [7, 11) is 0. The molecule has 0 radical (unpaired) electrons. The molecule has 1 heterocycles. The first-order valence-corrected chi connectivity index (χ1v) is 9.89. The monoisotopic (exact) mass is 396 g/mol. The lowest BCUT2D eigenvalue weighted by Crippen LogP contribution is -2.30. The van der Waals surface area contributed by atoms with Crippen molar-refractivity contribution in [2.75, 3.05) is 13.1 Å². The van der Waals surface area contributed by atoms with Gasteiger partial charge in [-0.15, -0.1) is 0 Å². The Morgan fingerprint density at radius 3 is 2.84 bits per heavy atom. The number of amides is 2. The van der Waals surface area contributed by atoms with Crippen molar-refractivity contribution in [3.05, 3.63) is 39.8 Å². The number of unbranched alkanes of at least 4 members (excludes halogenated alkanes) is 1. The molecule has 1 N–H and O–H groups in total. The third-order valence-corrected chi connectivity index (χ3v) is 5.43. The van der Waals surface area contributed by atoms with Crippen molar-refractivity contribution in [3.8, 4) is 0 Å². The second kappa shape index (κ2) is 9.94. The molecule has 0 bridgehead atoms. The number of halogens is 1. The highest BCUT2D eigenvalue weighted by Crippen LogP contribution is 2.33. The summed E-state index contributed by atoms with van der Waals surface area (Å²) in [5.41, 5.74) is 0.792. The number of rotatable bonds is 8. The van der Waals surface area contributed by atoms with Gasteiger partial charge in [-0.3, -0.25) is 14.5 Å². The Bertz CT molecular complexity index is 691. The first-order chi connectivity index (χ1) is 12.0. The summed E-state index contributed by atoms with van der Waals surface area (Å²) in [6.07, 6.45) is 4.77. The van der Waals surface area contributed by atoms with E-state index in [4.69, 9.17) is 23.8 Å². The predicted octanol–water partition coefficient (Wildman–Crippen LogP) is 4.24. The third-order valence-electron chi connectivity index (χ3n) is 3.70. The van der Waals surface area contributed by atoms with Gasteiger partial charge >= 0.3 is 0 Å². The van der Waals surface area contributed by atoms with Crippen LogP contribution in [0.3, 0.4) is 0 Å². The van der Waals surface area contributed by atoms with Gasteiger partial charge in [0.2, 0.25) is 5.91 Å². The summed E-state index contributed by atoms with van der Waals surface area (Å²) in [5, 5.41) is 3.47. The number of carbonyl (C=O) groups excluding carboxylic acids is 2. The summed E-state index contributed by atoms with van der Waals surface area (Å²) in [6.45, 7) is 3.24. The fraction of sp³-hybridized carbons (Fsp3) is 0.389. The fourth-order valence-corrected chi connectivity index (χ4v) is 3.81. The number of nitrogens with one attached hydrogen (secondary N) is 1. The third kappa shape index (κ3) is 5.83. The maximum atomic E-state index is 12.5. The average molecular weight is 397 g/mol. The summed E-state index contributed by atoms with van der Waals surface area (Å²) < 4.78 is 0.523. The highest BCUT2D eigenvalue weighted by atomic mass is 35.5. The minimum atomic E-state index is -0.124. The number of nitrogens with zero attached hydrogens (tertiary/aromatic N) is 1. The summed E-state index contributed by atoms with van der Waals surface area (Å²) in [4.78, 5) is 26.4. The molecule has 0 aromatic heterocycles. The number of thioether (sulfide) groups is 1. The molecule has 1 fully saturated rings. The van der Waals surface area contributed by atoms with E-state index in [2.05, 4.69) is 12.2 Å². The molecule has 1 aromatic rings. The number of benzene rings is 1. The standard InChI is InChI=1S/C18H21ClN2O2S2/c1-2-3-10-20-16(22)9-6-11-21-17(23)15(25-18(21)24)12-13-7-4-5-8-14(13)19/h4-5,7-8,12H,2-3,6,9-11H2,1H3,(H,20,22). The number of hydrogen-bond acceptors (Lipinski definition) is 4. The van der Waals surface area contributed by atoms with E-state index in [-0.39, 0.29) is 11.8 Å². The van der Waals surface area contributed by atoms with Crippen molar-refractivity contribution in [2.24, 2.45) is 0 Å². The molecule has 2 amide bonds. The quantitative estimate of drug-likeness (QED) is 0.405. The first kappa shape index (κ1) is 19.9. The average Bonchev–Trinajstić information content (AvgIpc) is 2.84. The van der Waals surface area contributed by atoms with Crippen LogP contribution in [0.2, 0.25) is 5.02 Å². The lowest BCUT2D eigenvalue weighted by Gasteiger charge is -2.14. The molecule has 1 aliphatic rings. The Morgan fingerprint density at radius 1 is 1.36 bits per heavy atom. The van der Waals surface area contributed by atoms with Gasteiger partial charge in [0.15, 0.2) is 0 Å². The van der Waals surface area contributed by atoms with E-state index in [1.54, 1.807) is 17.0 Å². The van der Waals surface area contributed by atoms with Gasteiger partial charge in [-0.2, -0.15) is 0 Å². The Balaban J connectivity index is 1.89.